The third kappa shape index (κ3) is 5.02. The predicted molar refractivity (Wildman–Crippen MR) is 82.4 cm³/mol. The van der Waals surface area contributed by atoms with E-state index in [-0.39, 0.29) is 0 Å². The zero-order valence-corrected chi connectivity index (χ0v) is 12.5. The highest BCUT2D eigenvalue weighted by atomic mass is 32.1. The molecule has 1 aromatic carbocycles. The van der Waals surface area contributed by atoms with Crippen LogP contribution in [-0.4, -0.2) is 32.3 Å². The Balaban J connectivity index is 2.54. The molecule has 0 aliphatic carbocycles. The summed E-state index contributed by atoms with van der Waals surface area (Å²) in [5.41, 5.74) is 2.39. The molecule has 0 amide bonds. The number of thiocarbonyl (C=S) groups is 1. The Morgan fingerprint density at radius 2 is 1.94 bits per heavy atom. The van der Waals surface area contributed by atoms with Crippen molar-refractivity contribution < 1.29 is 4.90 Å². The Morgan fingerprint density at radius 1 is 1.28 bits per heavy atom. The van der Waals surface area contributed by atoms with Gasteiger partial charge in [0.2, 0.25) is 0 Å². The molecule has 0 radical (unpaired) electrons. The van der Waals surface area contributed by atoms with Gasteiger partial charge in [-0.25, -0.2) is 0 Å². The largest absolute Gasteiger partial charge is 0.357 e. The third-order valence-electron chi connectivity index (χ3n) is 2.74. The van der Waals surface area contributed by atoms with Crippen molar-refractivity contribution in [3.63, 3.8) is 0 Å². The summed E-state index contributed by atoms with van der Waals surface area (Å²) in [6.45, 7) is 6.31. The van der Waals surface area contributed by atoms with Crippen LogP contribution in [0.2, 0.25) is 0 Å². The lowest BCUT2D eigenvalue weighted by atomic mass is 10.0. The molecule has 4 heteroatoms. The van der Waals surface area contributed by atoms with E-state index in [0.29, 0.717) is 11.0 Å². The van der Waals surface area contributed by atoms with E-state index < -0.39 is 0 Å². The molecule has 0 fully saturated rings. The number of benzene rings is 1. The van der Waals surface area contributed by atoms with Crippen molar-refractivity contribution in [1.29, 1.82) is 0 Å². The minimum atomic E-state index is 0.489. The number of rotatable bonds is 5. The highest BCUT2D eigenvalue weighted by Gasteiger charge is 2.06. The van der Waals surface area contributed by atoms with E-state index in [0.717, 1.165) is 18.8 Å². The maximum absolute atomic E-state index is 5.30. The Morgan fingerprint density at radius 3 is 2.56 bits per heavy atom. The van der Waals surface area contributed by atoms with Gasteiger partial charge in [0.15, 0.2) is 5.11 Å². The van der Waals surface area contributed by atoms with Gasteiger partial charge in [-0.05, 0) is 29.8 Å². The van der Waals surface area contributed by atoms with E-state index in [1.807, 2.05) is 6.07 Å². The van der Waals surface area contributed by atoms with Crippen LogP contribution in [0.5, 0.6) is 0 Å². The average molecular weight is 266 g/mol. The second-order valence-corrected chi connectivity index (χ2v) is 5.49. The number of anilines is 1. The molecule has 3 N–H and O–H groups in total. The number of likely N-dealkylation sites (N-methyl/N-ethyl adjacent to an activating group) is 1. The zero-order chi connectivity index (χ0) is 13.5. The fourth-order valence-corrected chi connectivity index (χ4v) is 1.92. The molecular weight excluding hydrogens is 242 g/mol. The van der Waals surface area contributed by atoms with Crippen LogP contribution >= 0.6 is 12.2 Å². The standard InChI is InChI=1S/C14H23N3S/c1-11(2)12-7-5-6-8-13(12)16-14(18)15-9-10-17(3)4/h5-8,11H,9-10H2,1-4H3,(H2,15,16,18)/p+1. The first-order valence-corrected chi connectivity index (χ1v) is 6.84. The van der Waals surface area contributed by atoms with Gasteiger partial charge < -0.3 is 15.5 Å². The van der Waals surface area contributed by atoms with Gasteiger partial charge in [-0.15, -0.1) is 0 Å². The van der Waals surface area contributed by atoms with Crippen molar-refractivity contribution in [2.45, 2.75) is 19.8 Å². The zero-order valence-electron chi connectivity index (χ0n) is 11.7. The monoisotopic (exact) mass is 266 g/mol. The van der Waals surface area contributed by atoms with Crippen molar-refractivity contribution in [2.75, 3.05) is 32.5 Å². The fraction of sp³-hybridized carbons (Fsp3) is 0.500. The summed E-state index contributed by atoms with van der Waals surface area (Å²) in [4.78, 5) is 1.41. The molecule has 1 aromatic rings. The van der Waals surface area contributed by atoms with E-state index >= 15 is 0 Å². The van der Waals surface area contributed by atoms with Gasteiger partial charge in [0, 0.05) is 5.69 Å². The molecule has 0 bridgehead atoms. The van der Waals surface area contributed by atoms with E-state index in [9.17, 15) is 0 Å². The van der Waals surface area contributed by atoms with Crippen molar-refractivity contribution >= 4 is 23.0 Å². The van der Waals surface area contributed by atoms with Crippen molar-refractivity contribution in [3.05, 3.63) is 29.8 Å². The van der Waals surface area contributed by atoms with E-state index in [4.69, 9.17) is 12.2 Å². The van der Waals surface area contributed by atoms with Crippen LogP contribution in [0.15, 0.2) is 24.3 Å². The number of hydrogen-bond donors (Lipinski definition) is 3. The highest BCUT2D eigenvalue weighted by Crippen LogP contribution is 2.23. The SMILES string of the molecule is CC(C)c1ccccc1NC(=S)NCC[NH+](C)C. The molecule has 0 saturated carbocycles. The normalized spacial score (nSPS) is 10.8. The fourth-order valence-electron chi connectivity index (χ4n) is 1.71. The Kier molecular flexibility index (Phi) is 6.09. The van der Waals surface area contributed by atoms with Crippen LogP contribution in [0.25, 0.3) is 0 Å². The summed E-state index contributed by atoms with van der Waals surface area (Å²) >= 11 is 5.30. The smallest absolute Gasteiger partial charge is 0.170 e. The van der Waals surface area contributed by atoms with Crippen molar-refractivity contribution in [3.8, 4) is 0 Å². The molecule has 0 unspecified atom stereocenters. The van der Waals surface area contributed by atoms with Gasteiger partial charge in [-0.1, -0.05) is 32.0 Å². The van der Waals surface area contributed by atoms with Crippen LogP contribution < -0.4 is 15.5 Å². The summed E-state index contributed by atoms with van der Waals surface area (Å²) < 4.78 is 0. The molecule has 0 saturated heterocycles. The first kappa shape index (κ1) is 14.9. The molecule has 1 rings (SSSR count). The molecule has 18 heavy (non-hydrogen) atoms. The van der Waals surface area contributed by atoms with Crippen LogP contribution in [0.3, 0.4) is 0 Å². The van der Waals surface area contributed by atoms with Crippen LogP contribution in [0, 0.1) is 0 Å². The Hall–Kier alpha value is -1.13. The van der Waals surface area contributed by atoms with Crippen LogP contribution in [-0.2, 0) is 0 Å². The minimum Gasteiger partial charge on any atom is -0.357 e. The van der Waals surface area contributed by atoms with Crippen molar-refractivity contribution in [1.82, 2.24) is 5.32 Å². The molecule has 100 valence electrons. The number of para-hydroxylation sites is 1. The van der Waals surface area contributed by atoms with Gasteiger partial charge in [-0.3, -0.25) is 0 Å². The second-order valence-electron chi connectivity index (χ2n) is 5.08. The molecule has 0 heterocycles. The molecular formula is C14H24N3S+. The molecule has 0 aliphatic heterocycles. The summed E-state index contributed by atoms with van der Waals surface area (Å²) in [5.74, 6) is 0.489. The summed E-state index contributed by atoms with van der Waals surface area (Å²) in [7, 11) is 4.26. The Bertz CT molecular complexity index is 388. The molecule has 0 aliphatic rings. The van der Waals surface area contributed by atoms with Gasteiger partial charge in [0.25, 0.3) is 0 Å². The highest BCUT2D eigenvalue weighted by molar-refractivity contribution is 7.80. The third-order valence-corrected chi connectivity index (χ3v) is 2.99. The molecule has 0 aromatic heterocycles. The van der Waals surface area contributed by atoms with Gasteiger partial charge in [0.05, 0.1) is 27.2 Å². The predicted octanol–water partition coefficient (Wildman–Crippen LogP) is 1.24. The van der Waals surface area contributed by atoms with Gasteiger partial charge >= 0.3 is 0 Å². The van der Waals surface area contributed by atoms with E-state index in [2.05, 4.69) is 56.8 Å². The topological polar surface area (TPSA) is 28.5 Å². The first-order valence-electron chi connectivity index (χ1n) is 6.43. The van der Waals surface area contributed by atoms with Crippen LogP contribution in [0.4, 0.5) is 5.69 Å². The lowest BCUT2D eigenvalue weighted by molar-refractivity contribution is -0.856. The number of quaternary nitrogens is 1. The summed E-state index contributed by atoms with van der Waals surface area (Å²) in [6.07, 6.45) is 0. The van der Waals surface area contributed by atoms with Gasteiger partial charge in [0.1, 0.15) is 0 Å². The minimum absolute atomic E-state index is 0.489. The maximum Gasteiger partial charge on any atom is 0.170 e. The van der Waals surface area contributed by atoms with Gasteiger partial charge in [-0.2, -0.15) is 0 Å². The molecule has 0 spiro atoms. The molecule has 0 atom stereocenters. The number of nitrogens with one attached hydrogen (secondary N) is 3. The van der Waals surface area contributed by atoms with E-state index in [1.165, 1.54) is 10.5 Å². The average Bonchev–Trinajstić information content (AvgIpc) is 2.28. The quantitative estimate of drug-likeness (QED) is 0.700. The summed E-state index contributed by atoms with van der Waals surface area (Å²) in [5, 5.41) is 7.20. The number of hydrogen-bond acceptors (Lipinski definition) is 1. The lowest BCUT2D eigenvalue weighted by Crippen LogP contribution is -3.06. The first-order chi connectivity index (χ1) is 8.50. The van der Waals surface area contributed by atoms with Crippen molar-refractivity contribution in [2.24, 2.45) is 0 Å². The Labute approximate surface area is 116 Å². The summed E-state index contributed by atoms with van der Waals surface area (Å²) in [6, 6.07) is 8.30. The second kappa shape index (κ2) is 7.34. The maximum atomic E-state index is 5.30. The van der Waals surface area contributed by atoms with Crippen LogP contribution in [0.1, 0.15) is 25.3 Å². The van der Waals surface area contributed by atoms with E-state index in [1.54, 1.807) is 0 Å². The molecule has 3 nitrogen and oxygen atoms in total. The lowest BCUT2D eigenvalue weighted by Gasteiger charge is -2.16.